The van der Waals surface area contributed by atoms with Gasteiger partial charge in [0.1, 0.15) is 0 Å². The van der Waals surface area contributed by atoms with Gasteiger partial charge in [-0.2, -0.15) is 0 Å². The fourth-order valence-electron chi connectivity index (χ4n) is 3.49. The van der Waals surface area contributed by atoms with Gasteiger partial charge >= 0.3 is 0 Å². The van der Waals surface area contributed by atoms with Gasteiger partial charge in [-0.05, 0) is 55.3 Å². The number of ether oxygens (including phenoxy) is 1. The van der Waals surface area contributed by atoms with Crippen molar-refractivity contribution >= 4 is 56.0 Å². The topological polar surface area (TPSA) is 42.4 Å². The Morgan fingerprint density at radius 3 is 2.97 bits per heavy atom. The fourth-order valence-corrected chi connectivity index (χ4v) is 5.53. The van der Waals surface area contributed by atoms with Crippen LogP contribution in [0.5, 0.6) is 0 Å². The zero-order chi connectivity index (χ0) is 20.4. The van der Waals surface area contributed by atoms with Crippen molar-refractivity contribution in [3.63, 3.8) is 0 Å². The Hall–Kier alpha value is -1.60. The van der Waals surface area contributed by atoms with E-state index < -0.39 is 0 Å². The summed E-state index contributed by atoms with van der Waals surface area (Å²) in [7, 11) is 0. The van der Waals surface area contributed by atoms with Crippen LogP contribution in [0.25, 0.3) is 10.2 Å². The SMILES string of the molecule is CCSc1cccc(C(=O)N(CC2CCCO2)c2nc3c(C)ccc(Cl)c3s2)c1. The third-order valence-corrected chi connectivity index (χ3v) is 7.38. The zero-order valence-electron chi connectivity index (χ0n) is 16.5. The van der Waals surface area contributed by atoms with Crippen molar-refractivity contribution in [1.82, 2.24) is 4.98 Å². The number of fused-ring (bicyclic) bond motifs is 1. The lowest BCUT2D eigenvalue weighted by Gasteiger charge is -2.23. The van der Waals surface area contributed by atoms with Gasteiger partial charge in [0.25, 0.3) is 5.91 Å². The van der Waals surface area contributed by atoms with E-state index in [0.29, 0.717) is 22.3 Å². The van der Waals surface area contributed by atoms with Gasteiger partial charge in [-0.1, -0.05) is 42.0 Å². The molecule has 1 unspecified atom stereocenters. The quantitative estimate of drug-likeness (QED) is 0.423. The highest BCUT2D eigenvalue weighted by molar-refractivity contribution is 7.99. The molecule has 3 aromatic rings. The van der Waals surface area contributed by atoms with Crippen LogP contribution < -0.4 is 4.90 Å². The summed E-state index contributed by atoms with van der Waals surface area (Å²) >= 11 is 9.61. The number of anilines is 1. The normalized spacial score (nSPS) is 16.4. The molecule has 0 radical (unpaired) electrons. The average molecular weight is 447 g/mol. The minimum Gasteiger partial charge on any atom is -0.376 e. The lowest BCUT2D eigenvalue weighted by molar-refractivity contribution is 0.0917. The Balaban J connectivity index is 1.73. The molecule has 1 aliphatic heterocycles. The molecule has 1 fully saturated rings. The van der Waals surface area contributed by atoms with Crippen LogP contribution in [-0.4, -0.2) is 35.9 Å². The number of nitrogens with zero attached hydrogens (tertiary/aromatic N) is 2. The molecule has 29 heavy (non-hydrogen) atoms. The molecular formula is C22H23ClN2O2S2. The highest BCUT2D eigenvalue weighted by Crippen LogP contribution is 2.36. The predicted octanol–water partition coefficient (Wildman–Crippen LogP) is 6.20. The second-order valence-corrected chi connectivity index (χ2v) is 9.77. The summed E-state index contributed by atoms with van der Waals surface area (Å²) < 4.78 is 6.75. The van der Waals surface area contributed by atoms with Crippen molar-refractivity contribution in [2.75, 3.05) is 23.8 Å². The van der Waals surface area contributed by atoms with Crippen LogP contribution in [0.15, 0.2) is 41.3 Å². The molecule has 0 saturated carbocycles. The molecular weight excluding hydrogens is 424 g/mol. The van der Waals surface area contributed by atoms with Gasteiger partial charge < -0.3 is 4.74 Å². The van der Waals surface area contributed by atoms with Crippen molar-refractivity contribution in [1.29, 1.82) is 0 Å². The monoisotopic (exact) mass is 446 g/mol. The van der Waals surface area contributed by atoms with Crippen molar-refractivity contribution < 1.29 is 9.53 Å². The third kappa shape index (κ3) is 4.45. The maximum Gasteiger partial charge on any atom is 0.260 e. The lowest BCUT2D eigenvalue weighted by atomic mass is 10.2. The molecule has 0 bridgehead atoms. The molecule has 0 N–H and O–H groups in total. The molecule has 7 heteroatoms. The molecule has 2 aromatic carbocycles. The molecule has 0 spiro atoms. The van der Waals surface area contributed by atoms with Crippen LogP contribution in [0.2, 0.25) is 5.02 Å². The average Bonchev–Trinajstić information content (AvgIpc) is 3.39. The standard InChI is InChI=1S/C22H23ClN2O2S2/c1-3-28-17-8-4-6-15(12-17)21(26)25(13-16-7-5-11-27-16)22-24-19-14(2)9-10-18(23)20(19)29-22/h4,6,8-10,12,16H,3,5,7,11,13H2,1-2H3. The third-order valence-electron chi connectivity index (χ3n) is 4.96. The number of thioether (sulfide) groups is 1. The van der Waals surface area contributed by atoms with Crippen molar-refractivity contribution in [2.45, 2.75) is 37.7 Å². The minimum absolute atomic E-state index is 0.0377. The van der Waals surface area contributed by atoms with E-state index in [1.165, 1.54) is 11.3 Å². The lowest BCUT2D eigenvalue weighted by Crippen LogP contribution is -2.37. The summed E-state index contributed by atoms with van der Waals surface area (Å²) in [6.07, 6.45) is 2.02. The minimum atomic E-state index is -0.0492. The molecule has 4 rings (SSSR count). The van der Waals surface area contributed by atoms with Crippen molar-refractivity contribution in [3.05, 3.63) is 52.5 Å². The second-order valence-electron chi connectivity index (χ2n) is 7.05. The maximum absolute atomic E-state index is 13.5. The van der Waals surface area contributed by atoms with Crippen LogP contribution in [-0.2, 0) is 4.74 Å². The van der Waals surface area contributed by atoms with E-state index in [1.807, 2.05) is 43.3 Å². The first-order chi connectivity index (χ1) is 14.1. The Morgan fingerprint density at radius 2 is 2.24 bits per heavy atom. The van der Waals surface area contributed by atoms with Crippen molar-refractivity contribution in [2.24, 2.45) is 0 Å². The summed E-state index contributed by atoms with van der Waals surface area (Å²) in [6.45, 7) is 5.37. The highest BCUT2D eigenvalue weighted by Gasteiger charge is 2.27. The number of rotatable bonds is 6. The zero-order valence-corrected chi connectivity index (χ0v) is 18.9. The van der Waals surface area contributed by atoms with Gasteiger partial charge in [0.2, 0.25) is 0 Å². The number of halogens is 1. The van der Waals surface area contributed by atoms with Crippen LogP contribution >= 0.6 is 34.7 Å². The first kappa shape index (κ1) is 20.7. The van der Waals surface area contributed by atoms with E-state index in [9.17, 15) is 4.79 Å². The first-order valence-electron chi connectivity index (χ1n) is 9.78. The Labute approximate surface area is 184 Å². The van der Waals surface area contributed by atoms with E-state index in [-0.39, 0.29) is 12.0 Å². The van der Waals surface area contributed by atoms with Gasteiger partial charge in [-0.3, -0.25) is 9.69 Å². The summed E-state index contributed by atoms with van der Waals surface area (Å²) in [4.78, 5) is 21.2. The van der Waals surface area contributed by atoms with Gasteiger partial charge in [-0.15, -0.1) is 11.8 Å². The number of carbonyl (C=O) groups is 1. The molecule has 4 nitrogen and oxygen atoms in total. The van der Waals surface area contributed by atoms with Crippen LogP contribution in [0.3, 0.4) is 0 Å². The molecule has 152 valence electrons. The summed E-state index contributed by atoms with van der Waals surface area (Å²) in [6, 6.07) is 11.7. The molecule has 1 aromatic heterocycles. The van der Waals surface area contributed by atoms with E-state index in [1.54, 1.807) is 16.7 Å². The molecule has 2 heterocycles. The van der Waals surface area contributed by atoms with Crippen LogP contribution in [0.4, 0.5) is 5.13 Å². The van der Waals surface area contributed by atoms with Gasteiger partial charge in [-0.25, -0.2) is 4.98 Å². The number of carbonyl (C=O) groups excluding carboxylic acids is 1. The highest BCUT2D eigenvalue weighted by atomic mass is 35.5. The largest absolute Gasteiger partial charge is 0.376 e. The van der Waals surface area contributed by atoms with Gasteiger partial charge in [0, 0.05) is 17.1 Å². The predicted molar refractivity (Wildman–Crippen MR) is 123 cm³/mol. The summed E-state index contributed by atoms with van der Waals surface area (Å²) in [5.74, 6) is 0.916. The van der Waals surface area contributed by atoms with E-state index in [2.05, 4.69) is 6.92 Å². The number of amides is 1. The van der Waals surface area contributed by atoms with Crippen LogP contribution in [0.1, 0.15) is 35.7 Å². The maximum atomic E-state index is 13.5. The van der Waals surface area contributed by atoms with Crippen LogP contribution in [0, 0.1) is 6.92 Å². The number of aromatic nitrogens is 1. The molecule has 1 amide bonds. The molecule has 0 aliphatic carbocycles. The van der Waals surface area contributed by atoms with E-state index in [4.69, 9.17) is 21.3 Å². The molecule has 1 aliphatic rings. The number of hydrogen-bond acceptors (Lipinski definition) is 5. The first-order valence-corrected chi connectivity index (χ1v) is 12.0. The van der Waals surface area contributed by atoms with E-state index in [0.717, 1.165) is 45.9 Å². The number of hydrogen-bond donors (Lipinski definition) is 0. The van der Waals surface area contributed by atoms with E-state index >= 15 is 0 Å². The molecule has 1 atom stereocenters. The Morgan fingerprint density at radius 1 is 1.38 bits per heavy atom. The second kappa shape index (κ2) is 9.04. The Bertz CT molecular complexity index is 992. The number of benzene rings is 2. The number of aryl methyl sites for hydroxylation is 1. The summed E-state index contributed by atoms with van der Waals surface area (Å²) in [5, 5.41) is 1.34. The Kier molecular flexibility index (Phi) is 6.44. The van der Waals surface area contributed by atoms with Gasteiger partial charge in [0.05, 0.1) is 27.9 Å². The molecule has 1 saturated heterocycles. The fraction of sp³-hybridized carbons (Fsp3) is 0.364. The smallest absolute Gasteiger partial charge is 0.260 e. The van der Waals surface area contributed by atoms with Crippen molar-refractivity contribution in [3.8, 4) is 0 Å². The number of thiazole rings is 1. The van der Waals surface area contributed by atoms with Gasteiger partial charge in [0.15, 0.2) is 5.13 Å². The summed E-state index contributed by atoms with van der Waals surface area (Å²) in [5.41, 5.74) is 2.58.